The Morgan fingerprint density at radius 2 is 1.48 bits per heavy atom. The number of carbonyl (C=O) groups is 2. The van der Waals surface area contributed by atoms with Gasteiger partial charge in [0.2, 0.25) is 0 Å². The topological polar surface area (TPSA) is 141 Å². The van der Waals surface area contributed by atoms with E-state index in [1.165, 1.54) is 30.4 Å². The molecule has 0 radical (unpaired) electrons. The van der Waals surface area contributed by atoms with Crippen LogP contribution in [-0.4, -0.2) is 35.4 Å². The van der Waals surface area contributed by atoms with E-state index in [0.717, 1.165) is 10.5 Å². The number of phenols is 2. The number of benzene rings is 2. The van der Waals surface area contributed by atoms with Crippen molar-refractivity contribution in [1.82, 2.24) is 0 Å². The number of ether oxygens (including phenoxy) is 2. The molecule has 0 aliphatic rings. The van der Waals surface area contributed by atoms with Crippen molar-refractivity contribution in [3.8, 4) is 23.6 Å². The molecule has 9 heteroatoms. The average Bonchev–Trinajstić information content (AvgIpc) is 2.81. The van der Waals surface area contributed by atoms with Crippen molar-refractivity contribution in [2.24, 2.45) is 0 Å². The first-order chi connectivity index (χ1) is 15.7. The molecule has 33 heavy (non-hydrogen) atoms. The first-order valence-electron chi connectivity index (χ1n) is 9.48. The van der Waals surface area contributed by atoms with E-state index in [1.807, 2.05) is 12.1 Å². The summed E-state index contributed by atoms with van der Waals surface area (Å²) in [6.45, 7) is 7.42. The highest BCUT2D eigenvalue weighted by atomic mass is 79.9. The highest BCUT2D eigenvalue weighted by Gasteiger charge is 2.00. The molecular weight excluding hydrogens is 492 g/mol. The molecule has 2 rings (SSSR count). The Hall–Kier alpha value is -4.08. The minimum Gasteiger partial charge on any atom is -0.507 e. The van der Waals surface area contributed by atoms with Crippen LogP contribution in [0.25, 0.3) is 6.08 Å². The SMILES string of the molecule is C=CC(=O)OCC.CCOC(=O)/C=C/c1ccc(O)c(C#N)c1.N#Cc1cc(Br)ccc1O. The number of esters is 2. The Kier molecular flexibility index (Phi) is 14.5. The Labute approximate surface area is 200 Å². The van der Waals surface area contributed by atoms with Crippen LogP contribution in [0.2, 0.25) is 0 Å². The molecule has 0 saturated carbocycles. The number of nitrogens with zero attached hydrogens (tertiary/aromatic N) is 2. The van der Waals surface area contributed by atoms with E-state index in [4.69, 9.17) is 20.4 Å². The fourth-order valence-electron chi connectivity index (χ4n) is 1.90. The summed E-state index contributed by atoms with van der Waals surface area (Å²) in [5.41, 5.74) is 1.11. The molecule has 0 aromatic heterocycles. The fraction of sp³-hybridized carbons (Fsp3) is 0.167. The second-order valence-electron chi connectivity index (χ2n) is 5.70. The molecule has 8 nitrogen and oxygen atoms in total. The lowest BCUT2D eigenvalue weighted by molar-refractivity contribution is -0.138. The minimum atomic E-state index is -0.436. The van der Waals surface area contributed by atoms with E-state index >= 15 is 0 Å². The first-order valence-corrected chi connectivity index (χ1v) is 10.3. The second-order valence-corrected chi connectivity index (χ2v) is 6.62. The molecule has 0 bridgehead atoms. The highest BCUT2D eigenvalue weighted by Crippen LogP contribution is 2.20. The summed E-state index contributed by atoms with van der Waals surface area (Å²) < 4.78 is 9.93. The van der Waals surface area contributed by atoms with Crippen LogP contribution in [0, 0.1) is 22.7 Å². The summed E-state index contributed by atoms with van der Waals surface area (Å²) in [6, 6.07) is 12.9. The van der Waals surface area contributed by atoms with Gasteiger partial charge in [0.05, 0.1) is 24.3 Å². The number of hydrogen-bond donors (Lipinski definition) is 2. The zero-order valence-corrected chi connectivity index (χ0v) is 19.7. The van der Waals surface area contributed by atoms with Gasteiger partial charge in [-0.2, -0.15) is 10.5 Å². The van der Waals surface area contributed by atoms with Crippen molar-refractivity contribution in [2.45, 2.75) is 13.8 Å². The van der Waals surface area contributed by atoms with Gasteiger partial charge in [0.25, 0.3) is 0 Å². The molecule has 0 atom stereocenters. The average molecular weight is 515 g/mol. The van der Waals surface area contributed by atoms with E-state index < -0.39 is 5.97 Å². The van der Waals surface area contributed by atoms with Crippen LogP contribution >= 0.6 is 15.9 Å². The Bertz CT molecular complexity index is 1070. The molecule has 0 amide bonds. The van der Waals surface area contributed by atoms with Gasteiger partial charge in [-0.3, -0.25) is 0 Å². The molecule has 172 valence electrons. The van der Waals surface area contributed by atoms with E-state index in [9.17, 15) is 14.7 Å². The van der Waals surface area contributed by atoms with Gasteiger partial charge in [-0.15, -0.1) is 0 Å². The standard InChI is InChI=1S/C12H11NO3.C7H4BrNO.C5H8O2/c1-2-16-12(15)6-4-9-3-5-11(14)10(7-9)8-13;8-6-1-2-7(10)5(3-6)4-9;1-3-5(6)7-4-2/h3-7,14H,2H2,1H3;1-3,10H;3H,1,4H2,2H3/b6-4+;;. The van der Waals surface area contributed by atoms with Gasteiger partial charge in [-0.1, -0.05) is 28.6 Å². The highest BCUT2D eigenvalue weighted by molar-refractivity contribution is 9.10. The predicted molar refractivity (Wildman–Crippen MR) is 126 cm³/mol. The summed E-state index contributed by atoms with van der Waals surface area (Å²) >= 11 is 3.17. The van der Waals surface area contributed by atoms with Crippen molar-refractivity contribution >= 4 is 33.9 Å². The summed E-state index contributed by atoms with van der Waals surface area (Å²) in [5, 5.41) is 35.3. The number of rotatable bonds is 5. The van der Waals surface area contributed by atoms with Crippen LogP contribution in [0.1, 0.15) is 30.5 Å². The fourth-order valence-corrected chi connectivity index (χ4v) is 2.26. The monoisotopic (exact) mass is 514 g/mol. The number of halogens is 1. The molecule has 0 aliphatic carbocycles. The quantitative estimate of drug-likeness (QED) is 0.435. The van der Waals surface area contributed by atoms with Crippen LogP contribution in [0.3, 0.4) is 0 Å². The minimum absolute atomic E-state index is 0.0192. The number of nitriles is 2. The molecular formula is C24H23BrN2O6. The van der Waals surface area contributed by atoms with Gasteiger partial charge >= 0.3 is 11.9 Å². The van der Waals surface area contributed by atoms with Gasteiger partial charge in [0.1, 0.15) is 23.6 Å². The van der Waals surface area contributed by atoms with Crippen LogP contribution in [0.5, 0.6) is 11.5 Å². The number of aromatic hydroxyl groups is 2. The molecule has 0 spiro atoms. The molecule has 2 aromatic carbocycles. The second kappa shape index (κ2) is 16.6. The first kappa shape index (κ1) is 28.9. The van der Waals surface area contributed by atoms with Gasteiger partial charge in [0, 0.05) is 16.6 Å². The van der Waals surface area contributed by atoms with Gasteiger partial charge < -0.3 is 19.7 Å². The van der Waals surface area contributed by atoms with E-state index in [2.05, 4.69) is 27.2 Å². The zero-order chi connectivity index (χ0) is 25.2. The molecule has 0 heterocycles. The molecule has 0 saturated heterocycles. The molecule has 2 N–H and O–H groups in total. The Morgan fingerprint density at radius 3 is 1.94 bits per heavy atom. The van der Waals surface area contributed by atoms with Gasteiger partial charge in [-0.05, 0) is 55.8 Å². The summed E-state index contributed by atoms with van der Waals surface area (Å²) in [6.07, 6.45) is 3.94. The maximum absolute atomic E-state index is 11.0. The van der Waals surface area contributed by atoms with Crippen molar-refractivity contribution in [3.05, 3.63) is 76.3 Å². The number of phenolic OH excluding ortho intramolecular Hbond substituents is 2. The largest absolute Gasteiger partial charge is 0.507 e. The summed E-state index contributed by atoms with van der Waals surface area (Å²) in [5.74, 6) is -0.849. The van der Waals surface area contributed by atoms with Crippen LogP contribution < -0.4 is 0 Å². The number of carbonyl (C=O) groups excluding carboxylic acids is 2. The zero-order valence-electron chi connectivity index (χ0n) is 18.1. The summed E-state index contributed by atoms with van der Waals surface area (Å²) in [7, 11) is 0. The predicted octanol–water partition coefficient (Wildman–Crippen LogP) is 4.60. The smallest absolute Gasteiger partial charge is 0.330 e. The van der Waals surface area contributed by atoms with Crippen molar-refractivity contribution < 1.29 is 29.3 Å². The third kappa shape index (κ3) is 12.4. The van der Waals surface area contributed by atoms with Crippen molar-refractivity contribution in [1.29, 1.82) is 10.5 Å². The third-order valence-corrected chi connectivity index (χ3v) is 3.87. The third-order valence-electron chi connectivity index (χ3n) is 3.37. The lowest BCUT2D eigenvalue weighted by Gasteiger charge is -1.98. The summed E-state index contributed by atoms with van der Waals surface area (Å²) in [4.78, 5) is 21.1. The van der Waals surface area contributed by atoms with E-state index in [0.29, 0.717) is 18.8 Å². The van der Waals surface area contributed by atoms with Crippen LogP contribution in [0.15, 0.2) is 59.6 Å². The Balaban J connectivity index is 0.000000514. The van der Waals surface area contributed by atoms with Crippen molar-refractivity contribution in [3.63, 3.8) is 0 Å². The van der Waals surface area contributed by atoms with Gasteiger partial charge in [-0.25, -0.2) is 9.59 Å². The lowest BCUT2D eigenvalue weighted by atomic mass is 10.1. The van der Waals surface area contributed by atoms with E-state index in [-0.39, 0.29) is 28.6 Å². The molecule has 0 fully saturated rings. The maximum atomic E-state index is 11.0. The molecule has 2 aromatic rings. The van der Waals surface area contributed by atoms with Crippen LogP contribution in [-0.2, 0) is 19.1 Å². The van der Waals surface area contributed by atoms with Crippen LogP contribution in [0.4, 0.5) is 0 Å². The maximum Gasteiger partial charge on any atom is 0.330 e. The normalized spacial score (nSPS) is 9.12. The molecule has 0 aliphatic heterocycles. The lowest BCUT2D eigenvalue weighted by Crippen LogP contribution is -1.98. The van der Waals surface area contributed by atoms with Gasteiger partial charge in [0.15, 0.2) is 0 Å². The van der Waals surface area contributed by atoms with E-state index in [1.54, 1.807) is 32.0 Å². The number of hydrogen-bond acceptors (Lipinski definition) is 8. The van der Waals surface area contributed by atoms with Crippen molar-refractivity contribution in [2.75, 3.05) is 13.2 Å². The Morgan fingerprint density at radius 1 is 0.970 bits per heavy atom. The molecule has 0 unspecified atom stereocenters.